The molecule has 1 N–H and O–H groups in total. The Hall–Kier alpha value is -1.86. The van der Waals surface area contributed by atoms with E-state index in [2.05, 4.69) is 50.0 Å². The summed E-state index contributed by atoms with van der Waals surface area (Å²) in [4.78, 5) is 0. The molecule has 0 aliphatic rings. The van der Waals surface area contributed by atoms with Crippen molar-refractivity contribution in [2.75, 3.05) is 13.1 Å². The van der Waals surface area contributed by atoms with Crippen LogP contribution in [-0.2, 0) is 0 Å². The van der Waals surface area contributed by atoms with E-state index in [0.717, 1.165) is 5.57 Å². The molecule has 0 fully saturated rings. The van der Waals surface area contributed by atoms with Crippen LogP contribution in [0.1, 0.15) is 50.7 Å². The minimum atomic E-state index is 1.08. The molecule has 124 valence electrons. The Morgan fingerprint density at radius 1 is 0.739 bits per heavy atom. The summed E-state index contributed by atoms with van der Waals surface area (Å²) in [5.41, 5.74) is 3.43. The molecule has 0 heterocycles. The van der Waals surface area contributed by atoms with Gasteiger partial charge in [-0.3, -0.25) is 0 Å². The van der Waals surface area contributed by atoms with Crippen molar-refractivity contribution < 1.29 is 0 Å². The Morgan fingerprint density at radius 3 is 1.48 bits per heavy atom. The number of benzene rings is 2. The van der Waals surface area contributed by atoms with E-state index in [1.54, 1.807) is 0 Å². The third-order valence-corrected chi connectivity index (χ3v) is 3.66. The van der Waals surface area contributed by atoms with Crippen molar-refractivity contribution in [3.63, 3.8) is 0 Å². The summed E-state index contributed by atoms with van der Waals surface area (Å²) in [6, 6.07) is 20.5. The van der Waals surface area contributed by atoms with Crippen LogP contribution in [0, 0.1) is 0 Å². The zero-order valence-corrected chi connectivity index (χ0v) is 14.7. The van der Waals surface area contributed by atoms with Crippen molar-refractivity contribution in [2.24, 2.45) is 0 Å². The zero-order chi connectivity index (χ0) is 16.8. The van der Waals surface area contributed by atoms with Crippen LogP contribution in [0.5, 0.6) is 0 Å². The van der Waals surface area contributed by atoms with Crippen LogP contribution in [0.3, 0.4) is 0 Å². The molecule has 0 saturated heterocycles. The van der Waals surface area contributed by atoms with Gasteiger partial charge in [-0.05, 0) is 42.6 Å². The lowest BCUT2D eigenvalue weighted by Gasteiger charge is -2.04. The van der Waals surface area contributed by atoms with Crippen molar-refractivity contribution in [3.8, 4) is 0 Å². The summed E-state index contributed by atoms with van der Waals surface area (Å²) < 4.78 is 0. The highest BCUT2D eigenvalue weighted by atomic mass is 14.8. The van der Waals surface area contributed by atoms with Gasteiger partial charge in [-0.1, -0.05) is 93.9 Å². The first-order valence-corrected chi connectivity index (χ1v) is 8.80. The smallest absolute Gasteiger partial charge is 0.00490 e. The molecule has 2 aromatic rings. The molecule has 0 aromatic heterocycles. The Morgan fingerprint density at radius 2 is 1.13 bits per heavy atom. The minimum absolute atomic E-state index is 1.08. The summed E-state index contributed by atoms with van der Waals surface area (Å²) in [6.07, 6.45) is 5.26. The average molecular weight is 309 g/mol. The lowest BCUT2D eigenvalue weighted by atomic mass is 10.0. The first-order valence-electron chi connectivity index (χ1n) is 8.80. The van der Waals surface area contributed by atoms with Crippen molar-refractivity contribution in [2.45, 2.75) is 39.5 Å². The minimum Gasteiger partial charge on any atom is -0.317 e. The van der Waals surface area contributed by atoms with Crippen molar-refractivity contribution in [1.29, 1.82) is 0 Å². The van der Waals surface area contributed by atoms with Crippen LogP contribution in [0.4, 0.5) is 0 Å². The normalized spacial score (nSPS) is 9.83. The van der Waals surface area contributed by atoms with Gasteiger partial charge in [-0.25, -0.2) is 0 Å². The number of nitrogens with one attached hydrogen (secondary N) is 1. The Kier molecular flexibility index (Phi) is 10.6. The van der Waals surface area contributed by atoms with Crippen LogP contribution >= 0.6 is 0 Å². The van der Waals surface area contributed by atoms with Crippen LogP contribution in [0.15, 0.2) is 67.2 Å². The predicted molar refractivity (Wildman–Crippen MR) is 104 cm³/mol. The molecule has 0 aliphatic carbocycles. The molecule has 1 nitrogen and oxygen atoms in total. The number of unbranched alkanes of at least 4 members (excludes halogenated alkanes) is 2. The lowest BCUT2D eigenvalue weighted by molar-refractivity contribution is 0.611. The molecule has 2 aromatic carbocycles. The summed E-state index contributed by atoms with van der Waals surface area (Å²) >= 11 is 0. The third-order valence-electron chi connectivity index (χ3n) is 3.66. The second-order valence-corrected chi connectivity index (χ2v) is 5.67. The van der Waals surface area contributed by atoms with E-state index in [0.29, 0.717) is 0 Å². The van der Waals surface area contributed by atoms with Gasteiger partial charge in [0.05, 0.1) is 0 Å². The quantitative estimate of drug-likeness (QED) is 0.596. The summed E-state index contributed by atoms with van der Waals surface area (Å²) in [5, 5.41) is 3.39. The number of hydrogen-bond donors (Lipinski definition) is 1. The Balaban J connectivity index is 0.000000257. The number of hydrogen-bond acceptors (Lipinski definition) is 1. The molecular formula is C22H31N. The molecule has 0 spiro atoms. The molecule has 23 heavy (non-hydrogen) atoms. The molecule has 0 atom stereocenters. The van der Waals surface area contributed by atoms with Gasteiger partial charge in [0, 0.05) is 0 Å². The summed E-state index contributed by atoms with van der Waals surface area (Å²) in [7, 11) is 0. The second kappa shape index (κ2) is 12.7. The fourth-order valence-electron chi connectivity index (χ4n) is 2.17. The van der Waals surface area contributed by atoms with Crippen LogP contribution in [0.2, 0.25) is 0 Å². The SMILES string of the molecule is C=C(c1ccccc1)c1ccccc1.CCCCNCCCC. The molecule has 2 rings (SSSR count). The maximum atomic E-state index is 4.10. The Bertz CT molecular complexity index is 469. The largest absolute Gasteiger partial charge is 0.317 e. The molecule has 0 amide bonds. The van der Waals surface area contributed by atoms with Gasteiger partial charge in [0.1, 0.15) is 0 Å². The fourth-order valence-corrected chi connectivity index (χ4v) is 2.17. The van der Waals surface area contributed by atoms with Gasteiger partial charge < -0.3 is 5.32 Å². The van der Waals surface area contributed by atoms with E-state index in [1.165, 1.54) is 49.9 Å². The first-order chi connectivity index (χ1) is 11.3. The molecule has 0 aliphatic heterocycles. The summed E-state index contributed by atoms with van der Waals surface area (Å²) in [6.45, 7) is 11.0. The topological polar surface area (TPSA) is 12.0 Å². The highest BCUT2D eigenvalue weighted by molar-refractivity contribution is 5.77. The van der Waals surface area contributed by atoms with Crippen molar-refractivity contribution in [3.05, 3.63) is 78.4 Å². The molecule has 0 bridgehead atoms. The van der Waals surface area contributed by atoms with E-state index in [4.69, 9.17) is 0 Å². The standard InChI is InChI=1S/C14H12.C8H19N/c1-12(13-8-4-2-5-9-13)14-10-6-3-7-11-14;1-3-5-7-9-8-6-4-2/h2-11H,1H2;9H,3-8H2,1-2H3. The van der Waals surface area contributed by atoms with Gasteiger partial charge in [0.25, 0.3) is 0 Å². The van der Waals surface area contributed by atoms with Crippen LogP contribution in [-0.4, -0.2) is 13.1 Å². The van der Waals surface area contributed by atoms with E-state index < -0.39 is 0 Å². The highest BCUT2D eigenvalue weighted by Gasteiger charge is 1.99. The Labute approximate surface area is 142 Å². The van der Waals surface area contributed by atoms with Gasteiger partial charge in [-0.2, -0.15) is 0 Å². The lowest BCUT2D eigenvalue weighted by Crippen LogP contribution is -2.15. The third kappa shape index (κ3) is 8.37. The fraction of sp³-hybridized carbons (Fsp3) is 0.364. The predicted octanol–water partition coefficient (Wildman–Crippen LogP) is 5.92. The highest BCUT2D eigenvalue weighted by Crippen LogP contribution is 2.20. The monoisotopic (exact) mass is 309 g/mol. The van der Waals surface area contributed by atoms with Gasteiger partial charge in [0.2, 0.25) is 0 Å². The molecular weight excluding hydrogens is 278 g/mol. The van der Waals surface area contributed by atoms with Gasteiger partial charge in [-0.15, -0.1) is 0 Å². The van der Waals surface area contributed by atoms with Crippen molar-refractivity contribution >= 4 is 5.57 Å². The molecule has 0 radical (unpaired) electrons. The van der Waals surface area contributed by atoms with E-state index >= 15 is 0 Å². The maximum Gasteiger partial charge on any atom is -0.00490 e. The first kappa shape index (κ1) is 19.2. The zero-order valence-electron chi connectivity index (χ0n) is 14.7. The van der Waals surface area contributed by atoms with Crippen LogP contribution < -0.4 is 5.32 Å². The molecule has 0 unspecified atom stereocenters. The van der Waals surface area contributed by atoms with Gasteiger partial charge in [0.15, 0.2) is 0 Å². The van der Waals surface area contributed by atoms with Gasteiger partial charge >= 0.3 is 0 Å². The molecule has 0 saturated carbocycles. The van der Waals surface area contributed by atoms with Crippen molar-refractivity contribution in [1.82, 2.24) is 5.32 Å². The average Bonchev–Trinajstić information content (AvgIpc) is 2.63. The van der Waals surface area contributed by atoms with Crippen LogP contribution in [0.25, 0.3) is 5.57 Å². The number of rotatable bonds is 8. The van der Waals surface area contributed by atoms with E-state index in [1.807, 2.05) is 36.4 Å². The second-order valence-electron chi connectivity index (χ2n) is 5.67. The van der Waals surface area contributed by atoms with E-state index in [-0.39, 0.29) is 0 Å². The maximum absolute atomic E-state index is 4.10. The molecule has 1 heteroatoms. The van der Waals surface area contributed by atoms with E-state index in [9.17, 15) is 0 Å². The summed E-state index contributed by atoms with van der Waals surface area (Å²) in [5.74, 6) is 0.